The topological polar surface area (TPSA) is 45.1 Å². The van der Waals surface area contributed by atoms with Gasteiger partial charge in [0.1, 0.15) is 0 Å². The molecule has 3 nitrogen and oxygen atoms in total. The number of aliphatic hydroxyl groups is 1. The van der Waals surface area contributed by atoms with E-state index in [-0.39, 0.29) is 18.2 Å². The molecular formula is C13H22N2O. The maximum Gasteiger partial charge on any atom is 0.0610 e. The van der Waals surface area contributed by atoms with Crippen LogP contribution in [-0.2, 0) is 0 Å². The number of rotatable bonds is 6. The molecule has 0 saturated heterocycles. The van der Waals surface area contributed by atoms with Gasteiger partial charge in [0.2, 0.25) is 0 Å². The molecule has 0 aliphatic heterocycles. The van der Waals surface area contributed by atoms with Gasteiger partial charge >= 0.3 is 0 Å². The zero-order chi connectivity index (χ0) is 12.0. The molecule has 0 fully saturated rings. The van der Waals surface area contributed by atoms with Crippen molar-refractivity contribution in [2.45, 2.75) is 45.2 Å². The number of aliphatic hydroxyl groups excluding tert-OH is 1. The van der Waals surface area contributed by atoms with Gasteiger partial charge in [-0.25, -0.2) is 0 Å². The molecule has 1 heterocycles. The van der Waals surface area contributed by atoms with Crippen LogP contribution >= 0.6 is 0 Å². The lowest BCUT2D eigenvalue weighted by Crippen LogP contribution is -2.46. The molecule has 2 atom stereocenters. The van der Waals surface area contributed by atoms with E-state index in [2.05, 4.69) is 31.1 Å². The van der Waals surface area contributed by atoms with Crippen molar-refractivity contribution in [1.29, 1.82) is 0 Å². The molecule has 0 spiro atoms. The van der Waals surface area contributed by atoms with Crippen molar-refractivity contribution in [1.82, 2.24) is 10.3 Å². The van der Waals surface area contributed by atoms with Crippen molar-refractivity contribution in [3.63, 3.8) is 0 Å². The van der Waals surface area contributed by atoms with Crippen molar-refractivity contribution < 1.29 is 5.11 Å². The largest absolute Gasteiger partial charge is 0.394 e. The van der Waals surface area contributed by atoms with Crippen LogP contribution in [0.5, 0.6) is 0 Å². The van der Waals surface area contributed by atoms with Crippen molar-refractivity contribution >= 4 is 0 Å². The summed E-state index contributed by atoms with van der Waals surface area (Å²) in [5, 5.41) is 12.9. The standard InChI is InChI=1S/C13H22N2O/c1-4-7-13(3,10-16)15-11(2)12-5-8-14-9-6-12/h5-6,8-9,11,15-16H,4,7,10H2,1-3H3. The lowest BCUT2D eigenvalue weighted by atomic mass is 9.95. The molecule has 1 aromatic rings. The molecule has 2 N–H and O–H groups in total. The summed E-state index contributed by atoms with van der Waals surface area (Å²) in [6.07, 6.45) is 5.62. The molecule has 0 aliphatic rings. The van der Waals surface area contributed by atoms with Gasteiger partial charge in [-0.3, -0.25) is 4.98 Å². The number of pyridine rings is 1. The van der Waals surface area contributed by atoms with E-state index in [1.165, 1.54) is 5.56 Å². The van der Waals surface area contributed by atoms with Crippen LogP contribution in [-0.4, -0.2) is 22.2 Å². The van der Waals surface area contributed by atoms with Crippen molar-refractivity contribution in [3.8, 4) is 0 Å². The van der Waals surface area contributed by atoms with Crippen LogP contribution in [0.4, 0.5) is 0 Å². The Labute approximate surface area is 97.9 Å². The second kappa shape index (κ2) is 5.97. The molecule has 90 valence electrons. The van der Waals surface area contributed by atoms with Gasteiger partial charge in [-0.15, -0.1) is 0 Å². The first-order valence-corrected chi connectivity index (χ1v) is 5.90. The van der Waals surface area contributed by atoms with Gasteiger partial charge in [-0.2, -0.15) is 0 Å². The predicted octanol–water partition coefficient (Wildman–Crippen LogP) is 2.28. The highest BCUT2D eigenvalue weighted by atomic mass is 16.3. The lowest BCUT2D eigenvalue weighted by Gasteiger charge is -2.32. The lowest BCUT2D eigenvalue weighted by molar-refractivity contribution is 0.154. The third kappa shape index (κ3) is 3.58. The molecule has 1 aromatic heterocycles. The molecule has 0 amide bonds. The van der Waals surface area contributed by atoms with Crippen LogP contribution in [0.15, 0.2) is 24.5 Å². The van der Waals surface area contributed by atoms with Gasteiger partial charge in [-0.1, -0.05) is 13.3 Å². The van der Waals surface area contributed by atoms with Crippen LogP contribution in [0.25, 0.3) is 0 Å². The average Bonchev–Trinajstić information content (AvgIpc) is 2.30. The van der Waals surface area contributed by atoms with Gasteiger partial charge in [0.25, 0.3) is 0 Å². The molecule has 0 aromatic carbocycles. The summed E-state index contributed by atoms with van der Waals surface area (Å²) in [6, 6.07) is 4.23. The smallest absolute Gasteiger partial charge is 0.0610 e. The monoisotopic (exact) mass is 222 g/mol. The summed E-state index contributed by atoms with van der Waals surface area (Å²) in [6.45, 7) is 6.47. The predicted molar refractivity (Wildman–Crippen MR) is 66.2 cm³/mol. The third-order valence-corrected chi connectivity index (χ3v) is 2.92. The Bertz CT molecular complexity index is 302. The fourth-order valence-electron chi connectivity index (χ4n) is 2.01. The highest BCUT2D eigenvalue weighted by molar-refractivity contribution is 5.14. The van der Waals surface area contributed by atoms with Crippen LogP contribution < -0.4 is 5.32 Å². The minimum Gasteiger partial charge on any atom is -0.394 e. The van der Waals surface area contributed by atoms with Gasteiger partial charge in [0.15, 0.2) is 0 Å². The number of hydrogen-bond acceptors (Lipinski definition) is 3. The first-order chi connectivity index (χ1) is 7.61. The average molecular weight is 222 g/mol. The zero-order valence-electron chi connectivity index (χ0n) is 10.4. The summed E-state index contributed by atoms with van der Waals surface area (Å²) in [4.78, 5) is 4.00. The van der Waals surface area contributed by atoms with Gasteiger partial charge < -0.3 is 10.4 Å². The molecule has 3 heteroatoms. The summed E-state index contributed by atoms with van der Waals surface area (Å²) in [5.74, 6) is 0. The molecule has 0 bridgehead atoms. The van der Waals surface area contributed by atoms with Gasteiger partial charge in [0.05, 0.1) is 6.61 Å². The molecule has 16 heavy (non-hydrogen) atoms. The van der Waals surface area contributed by atoms with Crippen LogP contribution in [0, 0.1) is 0 Å². The molecule has 0 aliphatic carbocycles. The van der Waals surface area contributed by atoms with Crippen LogP contribution in [0.1, 0.15) is 45.2 Å². The van der Waals surface area contributed by atoms with Crippen LogP contribution in [0.2, 0.25) is 0 Å². The summed E-state index contributed by atoms with van der Waals surface area (Å²) >= 11 is 0. The van der Waals surface area contributed by atoms with Gasteiger partial charge in [-0.05, 0) is 38.0 Å². The number of hydrogen-bond donors (Lipinski definition) is 2. The molecular weight excluding hydrogens is 200 g/mol. The number of aromatic nitrogens is 1. The fraction of sp³-hybridized carbons (Fsp3) is 0.615. The van der Waals surface area contributed by atoms with Crippen molar-refractivity contribution in [2.24, 2.45) is 0 Å². The first kappa shape index (κ1) is 13.1. The Balaban J connectivity index is 2.65. The summed E-state index contributed by atoms with van der Waals surface area (Å²) < 4.78 is 0. The maximum absolute atomic E-state index is 9.44. The van der Waals surface area contributed by atoms with Crippen molar-refractivity contribution in [2.75, 3.05) is 6.61 Å². The van der Waals surface area contributed by atoms with Crippen molar-refractivity contribution in [3.05, 3.63) is 30.1 Å². The zero-order valence-corrected chi connectivity index (χ0v) is 10.4. The minimum absolute atomic E-state index is 0.163. The normalized spacial score (nSPS) is 16.8. The highest BCUT2D eigenvalue weighted by Gasteiger charge is 2.24. The maximum atomic E-state index is 9.44. The van der Waals surface area contributed by atoms with E-state index in [0.29, 0.717) is 0 Å². The molecule has 0 saturated carbocycles. The molecule has 0 radical (unpaired) electrons. The first-order valence-electron chi connectivity index (χ1n) is 5.90. The quantitative estimate of drug-likeness (QED) is 0.776. The minimum atomic E-state index is -0.197. The highest BCUT2D eigenvalue weighted by Crippen LogP contribution is 2.19. The number of nitrogens with one attached hydrogen (secondary N) is 1. The van der Waals surface area contributed by atoms with E-state index in [9.17, 15) is 5.11 Å². The van der Waals surface area contributed by atoms with E-state index in [4.69, 9.17) is 0 Å². The molecule has 2 unspecified atom stereocenters. The third-order valence-electron chi connectivity index (χ3n) is 2.92. The Morgan fingerprint density at radius 2 is 2.06 bits per heavy atom. The van der Waals surface area contributed by atoms with E-state index in [1.54, 1.807) is 12.4 Å². The van der Waals surface area contributed by atoms with Crippen LogP contribution in [0.3, 0.4) is 0 Å². The number of nitrogens with zero attached hydrogens (tertiary/aromatic N) is 1. The summed E-state index contributed by atoms with van der Waals surface area (Å²) in [5.41, 5.74) is 1.00. The SMILES string of the molecule is CCCC(C)(CO)NC(C)c1ccncc1. The van der Waals surface area contributed by atoms with E-state index in [0.717, 1.165) is 12.8 Å². The Hall–Kier alpha value is -0.930. The Kier molecular flexibility index (Phi) is 4.90. The van der Waals surface area contributed by atoms with E-state index < -0.39 is 0 Å². The second-order valence-corrected chi connectivity index (χ2v) is 4.62. The van der Waals surface area contributed by atoms with Gasteiger partial charge in [0, 0.05) is 24.0 Å². The van der Waals surface area contributed by atoms with E-state index >= 15 is 0 Å². The van der Waals surface area contributed by atoms with E-state index in [1.807, 2.05) is 12.1 Å². The molecule has 1 rings (SSSR count). The summed E-state index contributed by atoms with van der Waals surface area (Å²) in [7, 11) is 0. The second-order valence-electron chi connectivity index (χ2n) is 4.62. The fourth-order valence-corrected chi connectivity index (χ4v) is 2.01. The Morgan fingerprint density at radius 3 is 2.56 bits per heavy atom. The Morgan fingerprint density at radius 1 is 1.44 bits per heavy atom.